The first-order valence-electron chi connectivity index (χ1n) is 6.06. The number of nitrogens with zero attached hydrogens (tertiary/aromatic N) is 3. The standard InChI is InChI=1S/C14H10N4O3/c15-6-13(12(18)20)5-9(19)4-10(11-2-1-3-21-11)14(13,7-16)8-17/h1-3,10H,4-5H2,(H2,18,20)/t10-,13-/m1/s1. The molecule has 1 saturated carbocycles. The van der Waals surface area contributed by atoms with Gasteiger partial charge < -0.3 is 10.2 Å². The van der Waals surface area contributed by atoms with Crippen LogP contribution in [-0.2, 0) is 9.59 Å². The molecular weight excluding hydrogens is 272 g/mol. The van der Waals surface area contributed by atoms with Crippen LogP contribution in [0.5, 0.6) is 0 Å². The number of hydrogen-bond acceptors (Lipinski definition) is 6. The average molecular weight is 282 g/mol. The maximum atomic E-state index is 11.9. The minimum Gasteiger partial charge on any atom is -0.469 e. The molecule has 1 aromatic heterocycles. The second kappa shape index (κ2) is 4.77. The summed E-state index contributed by atoms with van der Waals surface area (Å²) in [6.07, 6.45) is 0.620. The second-order valence-corrected chi connectivity index (χ2v) is 4.90. The lowest BCUT2D eigenvalue weighted by atomic mass is 9.52. The van der Waals surface area contributed by atoms with Gasteiger partial charge in [-0.2, -0.15) is 15.8 Å². The van der Waals surface area contributed by atoms with Crippen molar-refractivity contribution in [2.75, 3.05) is 0 Å². The number of furan rings is 1. The Balaban J connectivity index is 2.76. The zero-order chi connectivity index (χ0) is 15.7. The second-order valence-electron chi connectivity index (χ2n) is 4.90. The van der Waals surface area contributed by atoms with E-state index in [1.807, 2.05) is 0 Å². The van der Waals surface area contributed by atoms with Crippen molar-refractivity contribution in [1.82, 2.24) is 0 Å². The molecule has 2 rings (SSSR count). The predicted octanol–water partition coefficient (Wildman–Crippen LogP) is 0.755. The van der Waals surface area contributed by atoms with E-state index in [4.69, 9.17) is 10.2 Å². The third kappa shape index (κ3) is 1.70. The number of carbonyl (C=O) groups is 2. The number of rotatable bonds is 2. The van der Waals surface area contributed by atoms with Crippen LogP contribution >= 0.6 is 0 Å². The van der Waals surface area contributed by atoms with Crippen molar-refractivity contribution < 1.29 is 14.0 Å². The van der Waals surface area contributed by atoms with Crippen LogP contribution in [0.3, 0.4) is 0 Å². The van der Waals surface area contributed by atoms with Crippen LogP contribution in [0.2, 0.25) is 0 Å². The Morgan fingerprint density at radius 1 is 1.33 bits per heavy atom. The van der Waals surface area contributed by atoms with E-state index in [0.29, 0.717) is 0 Å². The number of primary amides is 1. The van der Waals surface area contributed by atoms with Crippen molar-refractivity contribution in [3.8, 4) is 18.2 Å². The highest BCUT2D eigenvalue weighted by Crippen LogP contribution is 2.55. The van der Waals surface area contributed by atoms with Gasteiger partial charge in [0.15, 0.2) is 10.8 Å². The highest BCUT2D eigenvalue weighted by Gasteiger charge is 2.66. The molecule has 0 spiro atoms. The summed E-state index contributed by atoms with van der Waals surface area (Å²) in [5, 5.41) is 28.5. The Labute approximate surface area is 120 Å². The van der Waals surface area contributed by atoms with E-state index in [-0.39, 0.29) is 12.2 Å². The zero-order valence-corrected chi connectivity index (χ0v) is 10.9. The first kappa shape index (κ1) is 14.3. The summed E-state index contributed by atoms with van der Waals surface area (Å²) in [5.74, 6) is -2.39. The zero-order valence-electron chi connectivity index (χ0n) is 10.9. The summed E-state index contributed by atoms with van der Waals surface area (Å²) in [6.45, 7) is 0. The molecule has 7 nitrogen and oxygen atoms in total. The summed E-state index contributed by atoms with van der Waals surface area (Å²) in [6, 6.07) is 8.18. The van der Waals surface area contributed by atoms with Crippen LogP contribution in [0.15, 0.2) is 22.8 Å². The van der Waals surface area contributed by atoms with Gasteiger partial charge in [-0.3, -0.25) is 9.59 Å². The smallest absolute Gasteiger partial charge is 0.241 e. The lowest BCUT2D eigenvalue weighted by molar-refractivity contribution is -0.138. The number of nitriles is 3. The van der Waals surface area contributed by atoms with Gasteiger partial charge >= 0.3 is 0 Å². The van der Waals surface area contributed by atoms with E-state index in [1.54, 1.807) is 18.2 Å². The molecule has 1 aliphatic rings. The molecule has 104 valence electrons. The predicted molar refractivity (Wildman–Crippen MR) is 66.6 cm³/mol. The van der Waals surface area contributed by atoms with Crippen molar-refractivity contribution in [2.24, 2.45) is 16.6 Å². The molecule has 2 N–H and O–H groups in total. The molecular formula is C14H10N4O3. The Kier molecular flexibility index (Phi) is 3.25. The van der Waals surface area contributed by atoms with E-state index in [0.717, 1.165) is 0 Å². The first-order valence-corrected chi connectivity index (χ1v) is 6.06. The largest absolute Gasteiger partial charge is 0.469 e. The van der Waals surface area contributed by atoms with E-state index in [2.05, 4.69) is 0 Å². The van der Waals surface area contributed by atoms with E-state index in [1.165, 1.54) is 18.4 Å². The average Bonchev–Trinajstić information content (AvgIpc) is 3.00. The summed E-state index contributed by atoms with van der Waals surface area (Å²) < 4.78 is 5.18. The van der Waals surface area contributed by atoms with Gasteiger partial charge in [0.1, 0.15) is 11.5 Å². The molecule has 1 amide bonds. The number of amides is 1. The molecule has 0 aromatic carbocycles. The fraction of sp³-hybridized carbons (Fsp3) is 0.357. The lowest BCUT2D eigenvalue weighted by Gasteiger charge is -2.42. The molecule has 1 aromatic rings. The number of nitrogens with two attached hydrogens (primary N) is 1. The highest BCUT2D eigenvalue weighted by atomic mass is 16.3. The van der Waals surface area contributed by atoms with Gasteiger partial charge in [0.05, 0.1) is 30.4 Å². The summed E-state index contributed by atoms with van der Waals surface area (Å²) >= 11 is 0. The normalized spacial score (nSPS) is 27.1. The van der Waals surface area contributed by atoms with Crippen LogP contribution < -0.4 is 5.73 Å². The quantitative estimate of drug-likeness (QED) is 0.847. The number of ketones is 1. The molecule has 1 heterocycles. The summed E-state index contributed by atoms with van der Waals surface area (Å²) in [5.41, 5.74) is 1.01. The van der Waals surface area contributed by atoms with E-state index in [9.17, 15) is 25.4 Å². The van der Waals surface area contributed by atoms with Gasteiger partial charge in [-0.25, -0.2) is 0 Å². The monoisotopic (exact) mass is 282 g/mol. The number of hydrogen-bond donors (Lipinski definition) is 1. The fourth-order valence-corrected chi connectivity index (χ4v) is 2.83. The Hall–Kier alpha value is -3.11. The van der Waals surface area contributed by atoms with Gasteiger partial charge in [-0.15, -0.1) is 0 Å². The molecule has 1 fully saturated rings. The lowest BCUT2D eigenvalue weighted by Crippen LogP contribution is -2.56. The van der Waals surface area contributed by atoms with Crippen LogP contribution in [-0.4, -0.2) is 11.7 Å². The van der Waals surface area contributed by atoms with Gasteiger partial charge in [-0.1, -0.05) is 0 Å². The molecule has 0 unspecified atom stereocenters. The molecule has 0 radical (unpaired) electrons. The van der Waals surface area contributed by atoms with Gasteiger partial charge in [-0.05, 0) is 12.1 Å². The van der Waals surface area contributed by atoms with E-state index >= 15 is 0 Å². The topological polar surface area (TPSA) is 145 Å². The van der Waals surface area contributed by atoms with Crippen molar-refractivity contribution in [3.63, 3.8) is 0 Å². The highest BCUT2D eigenvalue weighted by molar-refractivity contribution is 5.95. The molecule has 1 aliphatic carbocycles. The summed E-state index contributed by atoms with van der Waals surface area (Å²) in [7, 11) is 0. The van der Waals surface area contributed by atoms with Crippen molar-refractivity contribution >= 4 is 11.7 Å². The fourth-order valence-electron chi connectivity index (χ4n) is 2.83. The molecule has 0 bridgehead atoms. The van der Waals surface area contributed by atoms with Crippen molar-refractivity contribution in [2.45, 2.75) is 18.8 Å². The number of carbonyl (C=O) groups excluding carboxylic acids is 2. The third-order valence-electron chi connectivity index (χ3n) is 3.94. The minimum atomic E-state index is -2.19. The van der Waals surface area contributed by atoms with Gasteiger partial charge in [0.25, 0.3) is 0 Å². The summed E-state index contributed by atoms with van der Waals surface area (Å²) in [4.78, 5) is 23.8. The van der Waals surface area contributed by atoms with Crippen LogP contribution in [0, 0.1) is 44.8 Å². The maximum absolute atomic E-state index is 11.9. The molecule has 2 atom stereocenters. The van der Waals surface area contributed by atoms with Gasteiger partial charge in [0, 0.05) is 12.8 Å². The third-order valence-corrected chi connectivity index (χ3v) is 3.94. The maximum Gasteiger partial charge on any atom is 0.241 e. The molecule has 21 heavy (non-hydrogen) atoms. The first-order chi connectivity index (χ1) is 9.97. The van der Waals surface area contributed by atoms with E-state index < -0.39 is 34.9 Å². The SMILES string of the molecule is N#CC1(C#N)[C@@H](c2ccco2)CC(=O)C[C@@]1(C#N)C(N)=O. The van der Waals surface area contributed by atoms with Crippen LogP contribution in [0.4, 0.5) is 0 Å². The van der Waals surface area contributed by atoms with Crippen molar-refractivity contribution in [1.29, 1.82) is 15.8 Å². The van der Waals surface area contributed by atoms with Gasteiger partial charge in [0.2, 0.25) is 5.91 Å². The van der Waals surface area contributed by atoms with Crippen LogP contribution in [0.25, 0.3) is 0 Å². The van der Waals surface area contributed by atoms with Crippen molar-refractivity contribution in [3.05, 3.63) is 24.2 Å². The molecule has 0 aliphatic heterocycles. The Morgan fingerprint density at radius 2 is 2.00 bits per heavy atom. The Bertz CT molecular complexity index is 703. The molecule has 0 saturated heterocycles. The van der Waals surface area contributed by atoms with Crippen LogP contribution in [0.1, 0.15) is 24.5 Å². The molecule has 7 heteroatoms. The minimum absolute atomic E-state index is 0.161. The Morgan fingerprint density at radius 3 is 2.43 bits per heavy atom. The number of Topliss-reactive ketones (excluding diaryl/α,β-unsaturated/α-hetero) is 1.